The SMILES string of the molecule is CCCN(N[C@@H](Cc1ccccc1)C(=O)N[C@@H](CCCNC(N)N)C(=O)CC(=O)[C@H](C)NCC(=O)C(N)CC(C)C)[C@@H](CS)C(=O)O. The average Bonchev–Trinajstić information content (AvgIpc) is 3.00. The number of aliphatic carboxylic acids is 1. The van der Waals surface area contributed by atoms with Gasteiger partial charge in [0, 0.05) is 12.3 Å². The van der Waals surface area contributed by atoms with Crippen molar-refractivity contribution in [2.24, 2.45) is 23.1 Å². The summed E-state index contributed by atoms with van der Waals surface area (Å²) in [5.74, 6) is -2.55. The van der Waals surface area contributed by atoms with E-state index in [0.717, 1.165) is 5.56 Å². The van der Waals surface area contributed by atoms with Crippen molar-refractivity contribution in [3.8, 4) is 0 Å². The van der Waals surface area contributed by atoms with Crippen LogP contribution in [-0.2, 0) is 30.4 Å². The molecule has 11 N–H and O–H groups in total. The first kappa shape index (κ1) is 42.3. The number of thiol groups is 1. The Balaban J connectivity index is 3.15. The molecule has 0 saturated carbocycles. The molecule has 15 heteroatoms. The first-order valence-electron chi connectivity index (χ1n) is 16.2. The van der Waals surface area contributed by atoms with Crippen LogP contribution in [0.15, 0.2) is 30.3 Å². The van der Waals surface area contributed by atoms with Gasteiger partial charge in [-0.1, -0.05) is 51.1 Å². The molecule has 1 amide bonds. The summed E-state index contributed by atoms with van der Waals surface area (Å²) in [7, 11) is 0. The number of hydrogen-bond acceptors (Lipinski definition) is 13. The maximum atomic E-state index is 13.8. The van der Waals surface area contributed by atoms with Crippen LogP contribution < -0.4 is 38.6 Å². The lowest BCUT2D eigenvalue weighted by atomic mass is 9.98. The van der Waals surface area contributed by atoms with E-state index >= 15 is 0 Å². The number of hydrogen-bond donors (Lipinski definition) is 9. The Morgan fingerprint density at radius 1 is 0.936 bits per heavy atom. The molecule has 0 saturated heterocycles. The molecule has 0 bridgehead atoms. The van der Waals surface area contributed by atoms with Crippen molar-refractivity contribution in [1.82, 2.24) is 26.4 Å². The van der Waals surface area contributed by atoms with Gasteiger partial charge in [-0.3, -0.25) is 29.3 Å². The molecule has 1 rings (SSSR count). The summed E-state index contributed by atoms with van der Waals surface area (Å²) >= 11 is 4.21. The third-order valence-electron chi connectivity index (χ3n) is 7.53. The third kappa shape index (κ3) is 16.8. The van der Waals surface area contributed by atoms with Gasteiger partial charge in [0.05, 0.1) is 31.1 Å². The van der Waals surface area contributed by atoms with Gasteiger partial charge >= 0.3 is 5.97 Å². The quantitative estimate of drug-likeness (QED) is 0.0201. The third-order valence-corrected chi connectivity index (χ3v) is 7.87. The van der Waals surface area contributed by atoms with Crippen molar-refractivity contribution in [2.75, 3.05) is 25.4 Å². The first-order valence-corrected chi connectivity index (χ1v) is 16.9. The van der Waals surface area contributed by atoms with Crippen LogP contribution >= 0.6 is 12.6 Å². The lowest BCUT2D eigenvalue weighted by Gasteiger charge is -2.32. The van der Waals surface area contributed by atoms with Crippen molar-refractivity contribution in [3.05, 3.63) is 35.9 Å². The van der Waals surface area contributed by atoms with Crippen molar-refractivity contribution in [1.29, 1.82) is 0 Å². The molecule has 0 heterocycles. The van der Waals surface area contributed by atoms with Crippen LogP contribution in [0.5, 0.6) is 0 Å². The molecule has 47 heavy (non-hydrogen) atoms. The average molecular weight is 681 g/mol. The predicted octanol–water partition coefficient (Wildman–Crippen LogP) is -0.298. The molecular weight excluding hydrogens is 624 g/mol. The van der Waals surface area contributed by atoms with E-state index in [1.807, 2.05) is 51.1 Å². The lowest BCUT2D eigenvalue weighted by Crippen LogP contribution is -2.60. The second-order valence-corrected chi connectivity index (χ2v) is 12.6. The van der Waals surface area contributed by atoms with Crippen molar-refractivity contribution in [2.45, 2.75) is 103 Å². The first-order chi connectivity index (χ1) is 22.2. The summed E-state index contributed by atoms with van der Waals surface area (Å²) in [5, 5.41) is 19.8. The zero-order valence-corrected chi connectivity index (χ0v) is 29.0. The standard InChI is InChI=1S/C32H56N8O6S/c1-5-14-40(26(19-47)31(45)46)39-25(16-22-10-7-6-8-11-22)30(44)38-24(12-9-13-36-32(34)35)28(42)17-27(41)21(4)37-18-29(43)23(33)15-20(2)3/h6-8,10-11,20-21,23-26,32,36-37,39,47H,5,9,12-19,33-35H2,1-4H3,(H,38,44)(H,45,46)/t21-,23?,24-,25-,26-/m0/s1. The minimum absolute atomic E-state index is 0.00297. The molecule has 14 nitrogen and oxygen atoms in total. The number of ketones is 3. The Morgan fingerprint density at radius 2 is 1.60 bits per heavy atom. The number of carbonyl (C=O) groups is 5. The number of carboxylic acids is 1. The van der Waals surface area contributed by atoms with Crippen molar-refractivity contribution < 1.29 is 29.1 Å². The molecule has 0 aliphatic heterocycles. The maximum absolute atomic E-state index is 13.8. The topological polar surface area (TPSA) is 235 Å². The Labute approximate surface area is 284 Å². The van der Waals surface area contributed by atoms with Crippen molar-refractivity contribution in [3.63, 3.8) is 0 Å². The van der Waals surface area contributed by atoms with Gasteiger partial charge in [0.15, 0.2) is 17.3 Å². The van der Waals surface area contributed by atoms with Gasteiger partial charge in [-0.2, -0.15) is 12.6 Å². The van der Waals surface area contributed by atoms with Crippen LogP contribution in [0.3, 0.4) is 0 Å². The molecule has 0 aromatic heterocycles. The van der Waals surface area contributed by atoms with E-state index in [-0.39, 0.29) is 36.8 Å². The second-order valence-electron chi connectivity index (χ2n) is 12.2. The molecule has 1 unspecified atom stereocenters. The highest BCUT2D eigenvalue weighted by molar-refractivity contribution is 7.80. The molecule has 1 aromatic rings. The maximum Gasteiger partial charge on any atom is 0.323 e. The highest BCUT2D eigenvalue weighted by Gasteiger charge is 2.32. The van der Waals surface area contributed by atoms with E-state index in [2.05, 4.69) is 34.0 Å². The van der Waals surface area contributed by atoms with Gasteiger partial charge in [-0.15, -0.1) is 0 Å². The molecular formula is C32H56N8O6S. The van der Waals surface area contributed by atoms with Gasteiger partial charge in [0.1, 0.15) is 18.4 Å². The van der Waals surface area contributed by atoms with Crippen LogP contribution in [0.4, 0.5) is 0 Å². The van der Waals surface area contributed by atoms with E-state index in [1.54, 1.807) is 6.92 Å². The van der Waals surface area contributed by atoms with E-state index in [4.69, 9.17) is 17.2 Å². The van der Waals surface area contributed by atoms with Crippen LogP contribution in [-0.4, -0.2) is 101 Å². The number of nitrogens with two attached hydrogens (primary N) is 3. The Morgan fingerprint density at radius 3 is 2.15 bits per heavy atom. The van der Waals surface area contributed by atoms with Gasteiger partial charge in [-0.05, 0) is 57.1 Å². The van der Waals surface area contributed by atoms with Gasteiger partial charge in [0.2, 0.25) is 5.91 Å². The minimum atomic E-state index is -1.09. The minimum Gasteiger partial charge on any atom is -0.480 e. The molecule has 5 atom stereocenters. The van der Waals surface area contributed by atoms with E-state index in [0.29, 0.717) is 32.4 Å². The number of nitrogens with one attached hydrogen (secondary N) is 4. The van der Waals surface area contributed by atoms with Gasteiger partial charge in [-0.25, -0.2) is 10.4 Å². The number of amides is 1. The van der Waals surface area contributed by atoms with Crippen LogP contribution in [0.2, 0.25) is 0 Å². The van der Waals surface area contributed by atoms with E-state index in [1.165, 1.54) is 5.01 Å². The number of Topliss-reactive ketones (excluding diaryl/α,β-unsaturated/α-hetero) is 3. The van der Waals surface area contributed by atoms with E-state index < -0.39 is 66.4 Å². The Kier molecular flexibility index (Phi) is 20.5. The zero-order chi connectivity index (χ0) is 35.5. The number of nitrogens with zero attached hydrogens (tertiary/aromatic N) is 1. The number of carboxylic acid groups (broad SMARTS) is 1. The smallest absolute Gasteiger partial charge is 0.323 e. The van der Waals surface area contributed by atoms with Crippen molar-refractivity contribution >= 4 is 41.9 Å². The highest BCUT2D eigenvalue weighted by atomic mass is 32.1. The van der Waals surface area contributed by atoms with Crippen LogP contribution in [0.1, 0.15) is 65.4 Å². The fourth-order valence-corrected chi connectivity index (χ4v) is 5.21. The number of hydrazine groups is 1. The molecule has 0 aliphatic carbocycles. The highest BCUT2D eigenvalue weighted by Crippen LogP contribution is 2.11. The monoisotopic (exact) mass is 680 g/mol. The number of carbonyl (C=O) groups excluding carboxylic acids is 4. The largest absolute Gasteiger partial charge is 0.480 e. The Hall–Kier alpha value is -2.76. The van der Waals surface area contributed by atoms with E-state index in [9.17, 15) is 29.1 Å². The molecule has 0 spiro atoms. The fraction of sp³-hybridized carbons (Fsp3) is 0.656. The summed E-state index contributed by atoms with van der Waals surface area (Å²) in [4.78, 5) is 64.7. The molecule has 0 aliphatic rings. The number of benzene rings is 1. The normalized spacial score (nSPS) is 14.9. The molecule has 1 aromatic carbocycles. The summed E-state index contributed by atoms with van der Waals surface area (Å²) in [6, 6.07) is 4.75. The summed E-state index contributed by atoms with van der Waals surface area (Å²) < 4.78 is 0. The Bertz CT molecular complexity index is 1130. The fourth-order valence-electron chi connectivity index (χ4n) is 4.85. The zero-order valence-electron chi connectivity index (χ0n) is 28.1. The summed E-state index contributed by atoms with van der Waals surface area (Å²) in [6.45, 7) is 7.96. The molecule has 0 radical (unpaired) electrons. The predicted molar refractivity (Wildman–Crippen MR) is 185 cm³/mol. The molecule has 266 valence electrons. The second kappa shape index (κ2) is 22.7. The van der Waals surface area contributed by atoms with Crippen LogP contribution in [0.25, 0.3) is 0 Å². The summed E-state index contributed by atoms with van der Waals surface area (Å²) in [5.41, 5.74) is 21.0. The van der Waals surface area contributed by atoms with Gasteiger partial charge < -0.3 is 32.9 Å². The van der Waals surface area contributed by atoms with Gasteiger partial charge in [0.25, 0.3) is 0 Å². The van der Waals surface area contributed by atoms with Crippen LogP contribution in [0, 0.1) is 5.92 Å². The summed E-state index contributed by atoms with van der Waals surface area (Å²) in [6.07, 6.45) is 0.678. The lowest BCUT2D eigenvalue weighted by molar-refractivity contribution is -0.145. The molecule has 0 fully saturated rings. The number of rotatable bonds is 26.